The highest BCUT2D eigenvalue weighted by molar-refractivity contribution is 9.10. The monoisotopic (exact) mass is 353 g/mol. The van der Waals surface area contributed by atoms with Gasteiger partial charge in [0.2, 0.25) is 0 Å². The molecule has 1 aromatic carbocycles. The number of aryl methyl sites for hydroxylation is 1. The molecule has 21 heavy (non-hydrogen) atoms. The van der Waals surface area contributed by atoms with Crippen LogP contribution in [0.3, 0.4) is 0 Å². The van der Waals surface area contributed by atoms with Gasteiger partial charge >= 0.3 is 0 Å². The number of likely N-dealkylation sites (tertiary alicyclic amines) is 1. The Morgan fingerprint density at radius 3 is 3.00 bits per heavy atom. The average molecular weight is 354 g/mol. The fraction of sp³-hybridized carbons (Fsp3) is 0.562. The predicted octanol–water partition coefficient (Wildman–Crippen LogP) is 2.80. The van der Waals surface area contributed by atoms with Gasteiger partial charge in [0.25, 0.3) is 0 Å². The minimum absolute atomic E-state index is 0.614. The standard InChI is InChI=1S/C16H24BrN3O/c1-12-8-15(17)5-4-14(12)9-19-16(18-2)20-7-6-13(10-20)11-21-3/h4-5,8,13H,6-7,9-11H2,1-3H3,(H,18,19). The van der Waals surface area contributed by atoms with Gasteiger partial charge in [0.05, 0.1) is 6.61 Å². The third-order valence-corrected chi connectivity index (χ3v) is 4.43. The van der Waals surface area contributed by atoms with Crippen molar-refractivity contribution in [3.05, 3.63) is 33.8 Å². The van der Waals surface area contributed by atoms with Crippen LogP contribution in [0.1, 0.15) is 17.5 Å². The number of hydrogen-bond donors (Lipinski definition) is 1. The Bertz CT molecular complexity index is 504. The Morgan fingerprint density at radius 1 is 1.52 bits per heavy atom. The molecule has 0 amide bonds. The molecular formula is C16H24BrN3O. The Kier molecular flexibility index (Phi) is 6.06. The topological polar surface area (TPSA) is 36.9 Å². The molecular weight excluding hydrogens is 330 g/mol. The minimum Gasteiger partial charge on any atom is -0.384 e. The number of hydrogen-bond acceptors (Lipinski definition) is 2. The van der Waals surface area contributed by atoms with Crippen LogP contribution in [0.15, 0.2) is 27.7 Å². The number of methoxy groups -OCH3 is 1. The lowest BCUT2D eigenvalue weighted by Crippen LogP contribution is -2.40. The van der Waals surface area contributed by atoms with E-state index in [-0.39, 0.29) is 0 Å². The summed E-state index contributed by atoms with van der Waals surface area (Å²) in [5.41, 5.74) is 2.58. The predicted molar refractivity (Wildman–Crippen MR) is 90.6 cm³/mol. The van der Waals surface area contributed by atoms with Crippen molar-refractivity contribution in [2.45, 2.75) is 19.9 Å². The van der Waals surface area contributed by atoms with Gasteiger partial charge in [0, 0.05) is 44.2 Å². The highest BCUT2D eigenvalue weighted by Crippen LogP contribution is 2.18. The van der Waals surface area contributed by atoms with Crippen molar-refractivity contribution in [2.75, 3.05) is 33.9 Å². The second-order valence-corrected chi connectivity index (χ2v) is 6.44. The third kappa shape index (κ3) is 4.45. The van der Waals surface area contributed by atoms with Crippen molar-refractivity contribution in [1.29, 1.82) is 0 Å². The summed E-state index contributed by atoms with van der Waals surface area (Å²) >= 11 is 3.50. The van der Waals surface area contributed by atoms with Crippen molar-refractivity contribution < 1.29 is 4.74 Å². The van der Waals surface area contributed by atoms with Gasteiger partial charge in [-0.2, -0.15) is 0 Å². The highest BCUT2D eigenvalue weighted by atomic mass is 79.9. The van der Waals surface area contributed by atoms with E-state index in [1.54, 1.807) is 7.11 Å². The smallest absolute Gasteiger partial charge is 0.193 e. The SMILES string of the molecule is CN=C(NCc1ccc(Br)cc1C)N1CCC(COC)C1. The van der Waals surface area contributed by atoms with E-state index >= 15 is 0 Å². The summed E-state index contributed by atoms with van der Waals surface area (Å²) in [5, 5.41) is 3.47. The summed E-state index contributed by atoms with van der Waals surface area (Å²) in [7, 11) is 3.62. The van der Waals surface area contributed by atoms with Crippen LogP contribution in [-0.2, 0) is 11.3 Å². The zero-order valence-electron chi connectivity index (χ0n) is 13.0. The van der Waals surface area contributed by atoms with E-state index in [9.17, 15) is 0 Å². The average Bonchev–Trinajstić information content (AvgIpc) is 2.90. The second-order valence-electron chi connectivity index (χ2n) is 5.53. The number of aliphatic imine (C=N–C) groups is 1. The van der Waals surface area contributed by atoms with Crippen molar-refractivity contribution in [3.8, 4) is 0 Å². The first-order valence-electron chi connectivity index (χ1n) is 7.33. The number of nitrogens with one attached hydrogen (secondary N) is 1. The Balaban J connectivity index is 1.91. The van der Waals surface area contributed by atoms with Crippen molar-refractivity contribution in [1.82, 2.24) is 10.2 Å². The van der Waals surface area contributed by atoms with Crippen LogP contribution in [0.25, 0.3) is 0 Å². The first kappa shape index (κ1) is 16.3. The molecule has 1 saturated heterocycles. The summed E-state index contributed by atoms with van der Waals surface area (Å²) in [5.74, 6) is 1.60. The van der Waals surface area contributed by atoms with Gasteiger partial charge in [-0.1, -0.05) is 22.0 Å². The van der Waals surface area contributed by atoms with Gasteiger partial charge in [-0.3, -0.25) is 4.99 Å². The molecule has 1 aliphatic heterocycles. The first-order chi connectivity index (χ1) is 10.1. The molecule has 1 aromatic rings. The molecule has 1 atom stereocenters. The van der Waals surface area contributed by atoms with Gasteiger partial charge in [0.1, 0.15) is 0 Å². The van der Waals surface area contributed by atoms with Crippen LogP contribution in [0.4, 0.5) is 0 Å². The van der Waals surface area contributed by atoms with Crippen LogP contribution in [0.2, 0.25) is 0 Å². The largest absolute Gasteiger partial charge is 0.384 e. The van der Waals surface area contributed by atoms with Gasteiger partial charge in [0.15, 0.2) is 5.96 Å². The van der Waals surface area contributed by atoms with Gasteiger partial charge < -0.3 is 15.0 Å². The molecule has 2 rings (SSSR count). The molecule has 0 spiro atoms. The maximum absolute atomic E-state index is 5.25. The van der Waals surface area contributed by atoms with Crippen molar-refractivity contribution in [2.24, 2.45) is 10.9 Å². The van der Waals surface area contributed by atoms with Crippen LogP contribution in [0.5, 0.6) is 0 Å². The van der Waals surface area contributed by atoms with E-state index in [0.29, 0.717) is 5.92 Å². The lowest BCUT2D eigenvalue weighted by molar-refractivity contribution is 0.157. The fourth-order valence-electron chi connectivity index (χ4n) is 2.76. The number of halogens is 1. The molecule has 1 unspecified atom stereocenters. The molecule has 1 heterocycles. The molecule has 1 fully saturated rings. The lowest BCUT2D eigenvalue weighted by Gasteiger charge is -2.22. The van der Waals surface area contributed by atoms with Crippen LogP contribution >= 0.6 is 15.9 Å². The third-order valence-electron chi connectivity index (χ3n) is 3.94. The van der Waals surface area contributed by atoms with Crippen LogP contribution in [-0.4, -0.2) is 44.7 Å². The number of benzene rings is 1. The molecule has 0 aliphatic carbocycles. The second kappa shape index (κ2) is 7.80. The zero-order valence-corrected chi connectivity index (χ0v) is 14.6. The van der Waals surface area contributed by atoms with E-state index in [2.05, 4.69) is 56.3 Å². The van der Waals surface area contributed by atoms with Crippen molar-refractivity contribution in [3.63, 3.8) is 0 Å². The maximum atomic E-state index is 5.25. The maximum Gasteiger partial charge on any atom is 0.193 e. The molecule has 5 heteroatoms. The zero-order chi connectivity index (χ0) is 15.2. The Labute approximate surface area is 135 Å². The van der Waals surface area contributed by atoms with E-state index < -0.39 is 0 Å². The quantitative estimate of drug-likeness (QED) is 0.667. The van der Waals surface area contributed by atoms with Gasteiger partial charge in [-0.05, 0) is 36.6 Å². The number of ether oxygens (including phenoxy) is 1. The van der Waals surface area contributed by atoms with Gasteiger partial charge in [-0.25, -0.2) is 0 Å². The number of rotatable bonds is 4. The minimum atomic E-state index is 0.614. The highest BCUT2D eigenvalue weighted by Gasteiger charge is 2.24. The molecule has 1 N–H and O–H groups in total. The van der Waals surface area contributed by atoms with E-state index in [0.717, 1.165) is 36.7 Å². The van der Waals surface area contributed by atoms with Gasteiger partial charge in [-0.15, -0.1) is 0 Å². The molecule has 4 nitrogen and oxygen atoms in total. The Hall–Kier alpha value is -1.07. The fourth-order valence-corrected chi connectivity index (χ4v) is 3.24. The molecule has 1 aliphatic rings. The summed E-state index contributed by atoms with van der Waals surface area (Å²) in [6.07, 6.45) is 1.17. The Morgan fingerprint density at radius 2 is 2.33 bits per heavy atom. The van der Waals surface area contributed by atoms with Crippen LogP contribution < -0.4 is 5.32 Å². The first-order valence-corrected chi connectivity index (χ1v) is 8.13. The van der Waals surface area contributed by atoms with Crippen LogP contribution in [0, 0.1) is 12.8 Å². The summed E-state index contributed by atoms with van der Waals surface area (Å²) in [4.78, 5) is 6.73. The molecule has 0 saturated carbocycles. The molecule has 0 radical (unpaired) electrons. The molecule has 116 valence electrons. The van der Waals surface area contributed by atoms with Crippen molar-refractivity contribution >= 4 is 21.9 Å². The molecule has 0 bridgehead atoms. The normalized spacial score (nSPS) is 19.1. The summed E-state index contributed by atoms with van der Waals surface area (Å²) < 4.78 is 6.37. The lowest BCUT2D eigenvalue weighted by atomic mass is 10.1. The summed E-state index contributed by atoms with van der Waals surface area (Å²) in [6.45, 7) is 5.84. The van der Waals surface area contributed by atoms with E-state index in [1.807, 2.05) is 7.05 Å². The number of nitrogens with zero attached hydrogens (tertiary/aromatic N) is 2. The van der Waals surface area contributed by atoms with E-state index in [1.165, 1.54) is 17.5 Å². The number of guanidine groups is 1. The summed E-state index contributed by atoms with van der Waals surface area (Å²) in [6, 6.07) is 6.37. The van der Waals surface area contributed by atoms with E-state index in [4.69, 9.17) is 4.74 Å². The molecule has 0 aromatic heterocycles.